The first kappa shape index (κ1) is 43.7. The van der Waals surface area contributed by atoms with Gasteiger partial charge in [0.05, 0.1) is 11.4 Å². The van der Waals surface area contributed by atoms with Crippen LogP contribution in [0.1, 0.15) is 76.8 Å². The number of pyridine rings is 1. The van der Waals surface area contributed by atoms with E-state index in [2.05, 4.69) is 60.3 Å². The van der Waals surface area contributed by atoms with E-state index < -0.39 is 60.9 Å². The summed E-state index contributed by atoms with van der Waals surface area (Å²) in [6.45, 7) is 13.7. The quantitative estimate of drug-likeness (QED) is 0.118. The molecule has 3 fully saturated rings. The van der Waals surface area contributed by atoms with Gasteiger partial charge in [0.25, 0.3) is 0 Å². The second kappa shape index (κ2) is 17.0. The molecule has 6 bridgehead atoms. The van der Waals surface area contributed by atoms with Crippen LogP contribution in [0, 0.1) is 11.3 Å². The number of fused-ring (bicyclic) bond motifs is 7. The number of aromatic nitrogens is 3. The molecule has 16 heteroatoms. The van der Waals surface area contributed by atoms with Crippen molar-refractivity contribution in [3.8, 4) is 22.5 Å². The Morgan fingerprint density at radius 1 is 1.18 bits per heavy atom. The Morgan fingerprint density at radius 3 is 2.69 bits per heavy atom. The van der Waals surface area contributed by atoms with Crippen LogP contribution in [0.2, 0.25) is 0 Å². The van der Waals surface area contributed by atoms with Crippen LogP contribution in [-0.4, -0.2) is 113 Å². The van der Waals surface area contributed by atoms with E-state index in [1.165, 1.54) is 16.3 Å². The van der Waals surface area contributed by atoms with E-state index in [4.69, 9.17) is 24.2 Å². The summed E-state index contributed by atoms with van der Waals surface area (Å²) in [5, 5.41) is 8.10. The molecule has 328 valence electrons. The molecule has 3 aromatic heterocycles. The summed E-state index contributed by atoms with van der Waals surface area (Å²) in [5.41, 5.74) is 8.57. The van der Waals surface area contributed by atoms with E-state index in [1.54, 1.807) is 32.3 Å². The zero-order valence-corrected chi connectivity index (χ0v) is 39.5. The number of esters is 1. The minimum absolute atomic E-state index is 0.0402. The third kappa shape index (κ3) is 8.11. The van der Waals surface area contributed by atoms with Crippen LogP contribution in [-0.2, 0) is 52.0 Å². The van der Waals surface area contributed by atoms with Crippen molar-refractivity contribution in [3.63, 3.8) is 0 Å². The topological polar surface area (TPSA) is 157 Å². The minimum atomic E-state index is -1.64. The van der Waals surface area contributed by atoms with Gasteiger partial charge in [-0.25, -0.2) is 0 Å². The Hall–Kier alpha value is -3.97. The van der Waals surface area contributed by atoms with Crippen molar-refractivity contribution in [2.45, 2.75) is 99.0 Å². The van der Waals surface area contributed by atoms with Crippen molar-refractivity contribution >= 4 is 65.7 Å². The van der Waals surface area contributed by atoms with E-state index in [0.717, 1.165) is 49.1 Å². The van der Waals surface area contributed by atoms with Crippen LogP contribution < -0.4 is 10.7 Å². The summed E-state index contributed by atoms with van der Waals surface area (Å²) in [4.78, 5) is 67.8. The van der Waals surface area contributed by atoms with Crippen LogP contribution in [0.25, 0.3) is 33.4 Å². The Labute approximate surface area is 368 Å². The first-order valence-electron chi connectivity index (χ1n) is 21.2. The van der Waals surface area contributed by atoms with Gasteiger partial charge in [-0.1, -0.05) is 13.8 Å². The van der Waals surface area contributed by atoms with Crippen molar-refractivity contribution < 1.29 is 33.4 Å². The van der Waals surface area contributed by atoms with Crippen LogP contribution in [0.4, 0.5) is 0 Å². The molecule has 1 aromatic carbocycles. The molecule has 4 aliphatic heterocycles. The molecule has 0 aliphatic carbocycles. The maximum absolute atomic E-state index is 14.8. The van der Waals surface area contributed by atoms with Crippen molar-refractivity contribution in [2.75, 3.05) is 45.4 Å². The number of thiazole rings is 1. The summed E-state index contributed by atoms with van der Waals surface area (Å²) < 4.78 is 21.8. The van der Waals surface area contributed by atoms with Crippen LogP contribution in [0.5, 0.6) is 0 Å². The summed E-state index contributed by atoms with van der Waals surface area (Å²) in [6, 6.07) is 8.50. The predicted octanol–water partition coefficient (Wildman–Crippen LogP) is 5.89. The Morgan fingerprint density at radius 2 is 1.97 bits per heavy atom. The molecule has 0 radical (unpaired) electrons. The fourth-order valence-corrected chi connectivity index (χ4v) is 17.9. The van der Waals surface area contributed by atoms with Crippen LogP contribution in [0.15, 0.2) is 41.9 Å². The maximum atomic E-state index is 14.8. The first-order chi connectivity index (χ1) is 29.1. The number of aryl methyl sites for hydroxylation is 1. The number of nitrogens with one attached hydrogen (secondary N) is 2. The zero-order valence-electron chi connectivity index (χ0n) is 36.5. The van der Waals surface area contributed by atoms with Crippen molar-refractivity contribution in [3.05, 3.63) is 58.2 Å². The molecule has 7 heterocycles. The summed E-state index contributed by atoms with van der Waals surface area (Å²) >= 11 is -0.259. The number of rotatable bonds is 9. The third-order valence-electron chi connectivity index (χ3n) is 12.5. The number of halogens is 1. The average Bonchev–Trinajstić information content (AvgIpc) is 3.55. The van der Waals surface area contributed by atoms with Gasteiger partial charge in [-0.3, -0.25) is 4.98 Å². The van der Waals surface area contributed by atoms with Gasteiger partial charge in [-0.05, 0) is 39.3 Å². The van der Waals surface area contributed by atoms with Gasteiger partial charge >= 0.3 is 261 Å². The zero-order chi connectivity index (χ0) is 43.5. The van der Waals surface area contributed by atoms with E-state index >= 15 is 0 Å². The predicted molar refractivity (Wildman–Crippen MR) is 243 cm³/mol. The van der Waals surface area contributed by atoms with Gasteiger partial charge < -0.3 is 9.30 Å². The summed E-state index contributed by atoms with van der Waals surface area (Å²) in [7, 11) is 5.14. The molecular weight excluding hydrogens is 910 g/mol. The van der Waals surface area contributed by atoms with Crippen molar-refractivity contribution in [1.82, 2.24) is 35.2 Å². The fraction of sp³-hybridized carbons (Fsp3) is 0.556. The number of hydrogen-bond acceptors (Lipinski definition) is 11. The number of benzene rings is 1. The molecule has 2 N–H and O–H groups in total. The van der Waals surface area contributed by atoms with Crippen LogP contribution in [0.3, 0.4) is 0 Å². The number of alkyl halides is 3. The molecule has 0 saturated carbocycles. The standard InChI is InChI=1S/C45H58IN7O7S/c1-10-52-32-17-16-25-20-27(32)28(36(52)26-14-12-18-47-38(26)45(5,6)58-9)21-44(3,4)24-60-43(57)30-15-13-19-53(50-30)42(56)35(37(59-11-2)40-48-31(25)23-61-40)49-39(54)34-33(29-22-46(29)34)41(55)51(7)8/h12,14,16-18,20,23,29-30,33-35,37,50H,10-11,13,15,19,21-22,24H2,1-9H3,(H,49,54)/t29-,30+,33-,34-,35+,37+/m1/s1. The summed E-state index contributed by atoms with van der Waals surface area (Å²) in [5.74, 6) is -1.56. The van der Waals surface area contributed by atoms with Gasteiger partial charge in [0, 0.05) is 25.4 Å². The average molecular weight is 968 g/mol. The number of nitrogens with zero attached hydrogens (tertiary/aromatic N) is 5. The van der Waals surface area contributed by atoms with Gasteiger partial charge in [-0.2, -0.15) is 0 Å². The number of cyclic esters (lactones) is 1. The molecule has 61 heavy (non-hydrogen) atoms. The second-order valence-electron chi connectivity index (χ2n) is 17.9. The molecule has 4 aliphatic rings. The Balaban J connectivity index is 1.26. The van der Waals surface area contributed by atoms with E-state index in [0.29, 0.717) is 41.3 Å². The van der Waals surface area contributed by atoms with E-state index in [1.807, 2.05) is 32.2 Å². The number of methoxy groups -OCH3 is 1. The molecule has 3 amide bonds. The fourth-order valence-electron chi connectivity index (χ4n) is 9.11. The van der Waals surface area contributed by atoms with Crippen molar-refractivity contribution in [2.24, 2.45) is 11.3 Å². The number of amides is 3. The normalized spacial score (nSPS) is 25.6. The van der Waals surface area contributed by atoms with Gasteiger partial charge in [-0.15, -0.1) is 0 Å². The second-order valence-corrected chi connectivity index (χ2v) is 25.1. The molecule has 0 unspecified atom stereocenters. The molecule has 8 rings (SSSR count). The number of carbonyl (C=O) groups is 4. The van der Waals surface area contributed by atoms with E-state index in [-0.39, 0.29) is 34.9 Å². The van der Waals surface area contributed by atoms with Crippen LogP contribution >= 0.6 is 31.2 Å². The monoisotopic (exact) mass is 967 g/mol. The van der Waals surface area contributed by atoms with Gasteiger partial charge in [0.2, 0.25) is 0 Å². The molecule has 0 spiro atoms. The summed E-state index contributed by atoms with van der Waals surface area (Å²) in [6.07, 6.45) is 2.47. The number of carbonyl (C=O) groups excluding carboxylic acids is 4. The van der Waals surface area contributed by atoms with E-state index in [9.17, 15) is 19.2 Å². The van der Waals surface area contributed by atoms with Crippen molar-refractivity contribution in [1.29, 1.82) is 0 Å². The molecule has 6 atom stereocenters. The van der Waals surface area contributed by atoms with Gasteiger partial charge in [0.15, 0.2) is 0 Å². The van der Waals surface area contributed by atoms with Gasteiger partial charge in [0.1, 0.15) is 5.60 Å². The Kier molecular flexibility index (Phi) is 12.1. The Bertz CT molecular complexity index is 2360. The number of hydrogen-bond donors (Lipinski definition) is 2. The molecule has 14 nitrogen and oxygen atoms in total. The molecule has 4 aromatic rings. The SMILES string of the molecule is CCO[C@@H]1c2nc(cs2)-c2ccc3c(c2)c(c(-c2cccnc2C(C)(C)OC)n3CC)CC(C)(C)COC(=O)[C@@H]2CCCN(N2)C(=O)[C@H]1NC(=O)[C@H]1[C@H](C(=O)N(C)C)[C@H]2CI21. The number of hydrazine groups is 1. The molecule has 3 saturated heterocycles. The number of ether oxygens (including phenoxy) is 3. The molecular formula is C45H58IN7O7S. The third-order valence-corrected chi connectivity index (χ3v) is 20.5. The first-order valence-corrected chi connectivity index (χ1v) is 26.1.